The number of methoxy groups -OCH3 is 1. The molecule has 2 aromatic rings. The highest BCUT2D eigenvalue weighted by atomic mass is 16.5. The van der Waals surface area contributed by atoms with Crippen LogP contribution in [0.15, 0.2) is 36.4 Å². The molecular formula is C26H38N6O3. The summed E-state index contributed by atoms with van der Waals surface area (Å²) < 4.78 is 5.21. The van der Waals surface area contributed by atoms with Gasteiger partial charge in [0.2, 0.25) is 5.91 Å². The molecule has 3 rings (SSSR count). The zero-order valence-electron chi connectivity index (χ0n) is 21.5. The van der Waals surface area contributed by atoms with E-state index in [0.717, 1.165) is 42.2 Å². The molecule has 0 aliphatic carbocycles. The maximum absolute atomic E-state index is 13.1. The van der Waals surface area contributed by atoms with Crippen molar-refractivity contribution in [2.45, 2.75) is 52.6 Å². The van der Waals surface area contributed by atoms with Gasteiger partial charge in [0.25, 0.3) is 0 Å². The van der Waals surface area contributed by atoms with E-state index in [1.54, 1.807) is 12.0 Å². The molecule has 9 nitrogen and oxygen atoms in total. The molecule has 0 unspecified atom stereocenters. The fraction of sp³-hybridized carbons (Fsp3) is 0.538. The Morgan fingerprint density at radius 2 is 1.77 bits per heavy atom. The second kappa shape index (κ2) is 12.4. The number of ether oxygens (including phenoxy) is 1. The number of urea groups is 1. The van der Waals surface area contributed by atoms with Crippen molar-refractivity contribution in [3.63, 3.8) is 0 Å². The van der Waals surface area contributed by atoms with Crippen LogP contribution in [0.2, 0.25) is 0 Å². The fourth-order valence-electron chi connectivity index (χ4n) is 4.03. The van der Waals surface area contributed by atoms with Crippen molar-refractivity contribution in [2.75, 3.05) is 44.7 Å². The molecule has 1 N–H and O–H groups in total. The van der Waals surface area contributed by atoms with Crippen molar-refractivity contribution in [1.82, 2.24) is 25.3 Å². The third kappa shape index (κ3) is 7.07. The van der Waals surface area contributed by atoms with Crippen LogP contribution in [-0.2, 0) is 4.79 Å². The molecule has 3 amide bonds. The maximum Gasteiger partial charge on any atom is 0.318 e. The number of anilines is 1. The van der Waals surface area contributed by atoms with E-state index in [1.807, 2.05) is 69.0 Å². The summed E-state index contributed by atoms with van der Waals surface area (Å²) in [7, 11) is 1.64. The molecule has 0 radical (unpaired) electrons. The number of hydrogen-bond donors (Lipinski definition) is 1. The number of benzene rings is 1. The minimum Gasteiger partial charge on any atom is -0.497 e. The van der Waals surface area contributed by atoms with Crippen LogP contribution in [0, 0.1) is 0 Å². The van der Waals surface area contributed by atoms with E-state index in [-0.39, 0.29) is 30.6 Å². The largest absolute Gasteiger partial charge is 0.497 e. The Kier molecular flexibility index (Phi) is 9.28. The molecule has 1 atom stereocenters. The van der Waals surface area contributed by atoms with Crippen molar-refractivity contribution < 1.29 is 14.3 Å². The van der Waals surface area contributed by atoms with Gasteiger partial charge in [0.05, 0.1) is 12.8 Å². The topological polar surface area (TPSA) is 90.9 Å². The predicted octanol–water partition coefficient (Wildman–Crippen LogP) is 3.41. The van der Waals surface area contributed by atoms with Gasteiger partial charge in [0, 0.05) is 43.8 Å². The Morgan fingerprint density at radius 3 is 2.37 bits per heavy atom. The number of carbonyl (C=O) groups excluding carboxylic acids is 2. The number of amides is 3. The smallest absolute Gasteiger partial charge is 0.318 e. The zero-order valence-corrected chi connectivity index (χ0v) is 21.5. The lowest BCUT2D eigenvalue weighted by atomic mass is 10.1. The molecule has 35 heavy (non-hydrogen) atoms. The first kappa shape index (κ1) is 26.2. The van der Waals surface area contributed by atoms with Crippen molar-refractivity contribution >= 4 is 17.8 Å². The summed E-state index contributed by atoms with van der Waals surface area (Å²) in [4.78, 5) is 31.4. The Labute approximate surface area is 208 Å². The van der Waals surface area contributed by atoms with Crippen LogP contribution < -0.4 is 15.0 Å². The Morgan fingerprint density at radius 1 is 1.03 bits per heavy atom. The van der Waals surface area contributed by atoms with Crippen LogP contribution in [0.1, 0.15) is 40.5 Å². The minimum atomic E-state index is -0.189. The summed E-state index contributed by atoms with van der Waals surface area (Å²) in [5, 5.41) is 11.8. The van der Waals surface area contributed by atoms with Crippen LogP contribution >= 0.6 is 0 Å². The Bertz CT molecular complexity index is 964. The van der Waals surface area contributed by atoms with E-state index < -0.39 is 0 Å². The van der Waals surface area contributed by atoms with Crippen LogP contribution in [-0.4, -0.2) is 83.9 Å². The van der Waals surface area contributed by atoms with Gasteiger partial charge in [-0.3, -0.25) is 4.79 Å². The quantitative estimate of drug-likeness (QED) is 0.620. The van der Waals surface area contributed by atoms with Gasteiger partial charge in [0.1, 0.15) is 12.3 Å². The van der Waals surface area contributed by atoms with Gasteiger partial charge in [-0.25, -0.2) is 4.79 Å². The molecule has 9 heteroatoms. The first-order valence-electron chi connectivity index (χ1n) is 12.4. The molecule has 1 saturated heterocycles. The van der Waals surface area contributed by atoms with E-state index in [2.05, 4.69) is 20.4 Å². The molecule has 0 bridgehead atoms. The van der Waals surface area contributed by atoms with Crippen molar-refractivity contribution in [3.8, 4) is 17.0 Å². The fourth-order valence-corrected chi connectivity index (χ4v) is 4.03. The zero-order chi connectivity index (χ0) is 25.4. The van der Waals surface area contributed by atoms with Gasteiger partial charge in [-0.2, -0.15) is 0 Å². The predicted molar refractivity (Wildman–Crippen MR) is 138 cm³/mol. The summed E-state index contributed by atoms with van der Waals surface area (Å²) in [6.07, 6.45) is 1.62. The SMILES string of the molecule is CC[C@@H](C)N(CC(=O)N1CCCN(c2ccc(-c3ccc(OC)cc3)nn2)CC1)C(=O)NC(C)C. The number of carbonyl (C=O) groups is 2. The lowest BCUT2D eigenvalue weighted by Gasteiger charge is -2.31. The van der Waals surface area contributed by atoms with Crippen LogP contribution in [0.4, 0.5) is 10.6 Å². The molecule has 1 aromatic heterocycles. The van der Waals surface area contributed by atoms with Gasteiger partial charge < -0.3 is 24.8 Å². The maximum atomic E-state index is 13.1. The van der Waals surface area contributed by atoms with Crippen LogP contribution in [0.5, 0.6) is 5.75 Å². The number of nitrogens with one attached hydrogen (secondary N) is 1. The average molecular weight is 483 g/mol. The molecule has 1 aliphatic heterocycles. The van der Waals surface area contributed by atoms with E-state index in [4.69, 9.17) is 4.74 Å². The average Bonchev–Trinajstić information content (AvgIpc) is 3.13. The monoisotopic (exact) mass is 482 g/mol. The number of hydrogen-bond acceptors (Lipinski definition) is 6. The highest BCUT2D eigenvalue weighted by Gasteiger charge is 2.26. The van der Waals surface area contributed by atoms with Crippen LogP contribution in [0.25, 0.3) is 11.3 Å². The lowest BCUT2D eigenvalue weighted by Crippen LogP contribution is -2.51. The normalized spacial score (nSPS) is 14.9. The Hall–Kier alpha value is -3.36. The second-order valence-corrected chi connectivity index (χ2v) is 9.22. The van der Waals surface area contributed by atoms with Crippen molar-refractivity contribution in [3.05, 3.63) is 36.4 Å². The number of aromatic nitrogens is 2. The summed E-state index contributed by atoms with van der Waals surface area (Å²) in [6, 6.07) is 11.5. The van der Waals surface area contributed by atoms with Gasteiger partial charge in [-0.15, -0.1) is 10.2 Å². The molecule has 2 heterocycles. The third-order valence-electron chi connectivity index (χ3n) is 6.31. The van der Waals surface area contributed by atoms with Gasteiger partial charge in [0.15, 0.2) is 5.82 Å². The molecule has 0 saturated carbocycles. The standard InChI is InChI=1S/C26H38N6O3/c1-6-20(4)32(26(34)27-19(2)3)18-25(33)31-15-7-14-30(16-17-31)24-13-12-23(28-29-24)21-8-10-22(35-5)11-9-21/h8-13,19-20H,6-7,14-18H2,1-5H3,(H,27,34)/t20-/m1/s1. The van der Waals surface area contributed by atoms with E-state index in [9.17, 15) is 9.59 Å². The van der Waals surface area contributed by atoms with E-state index in [0.29, 0.717) is 19.6 Å². The molecule has 1 aromatic carbocycles. The molecular weight excluding hydrogens is 444 g/mol. The third-order valence-corrected chi connectivity index (χ3v) is 6.31. The molecule has 0 spiro atoms. The second-order valence-electron chi connectivity index (χ2n) is 9.22. The number of rotatable bonds is 8. The van der Waals surface area contributed by atoms with Crippen molar-refractivity contribution in [2.24, 2.45) is 0 Å². The summed E-state index contributed by atoms with van der Waals surface area (Å²) >= 11 is 0. The number of nitrogens with zero attached hydrogens (tertiary/aromatic N) is 5. The molecule has 190 valence electrons. The highest BCUT2D eigenvalue weighted by molar-refractivity contribution is 5.84. The summed E-state index contributed by atoms with van der Waals surface area (Å²) in [6.45, 7) is 10.6. The van der Waals surface area contributed by atoms with Gasteiger partial charge in [-0.05, 0) is 70.0 Å². The molecule has 1 aliphatic rings. The summed E-state index contributed by atoms with van der Waals surface area (Å²) in [5.74, 6) is 1.58. The van der Waals surface area contributed by atoms with E-state index >= 15 is 0 Å². The summed E-state index contributed by atoms with van der Waals surface area (Å²) in [5.41, 5.74) is 1.78. The first-order valence-corrected chi connectivity index (χ1v) is 12.4. The molecule has 1 fully saturated rings. The van der Waals surface area contributed by atoms with Crippen molar-refractivity contribution in [1.29, 1.82) is 0 Å². The lowest BCUT2D eigenvalue weighted by molar-refractivity contribution is -0.132. The van der Waals surface area contributed by atoms with Crippen LogP contribution in [0.3, 0.4) is 0 Å². The van der Waals surface area contributed by atoms with Gasteiger partial charge >= 0.3 is 6.03 Å². The van der Waals surface area contributed by atoms with E-state index in [1.165, 1.54) is 0 Å². The highest BCUT2D eigenvalue weighted by Crippen LogP contribution is 2.22. The van der Waals surface area contributed by atoms with Gasteiger partial charge in [-0.1, -0.05) is 6.92 Å². The Balaban J connectivity index is 1.60. The first-order chi connectivity index (χ1) is 16.8. The minimum absolute atomic E-state index is 0.0133.